The molecule has 0 saturated carbocycles. The van der Waals surface area contributed by atoms with Gasteiger partial charge < -0.3 is 10.0 Å². The molecule has 0 radical (unpaired) electrons. The van der Waals surface area contributed by atoms with Gasteiger partial charge in [-0.3, -0.25) is 0 Å². The molecule has 8 heteroatoms. The zero-order valence-electron chi connectivity index (χ0n) is 66.3. The number of hydrogen-bond donors (Lipinski definition) is 2. The van der Waals surface area contributed by atoms with Crippen molar-refractivity contribution in [2.24, 2.45) is 0 Å². The van der Waals surface area contributed by atoms with Gasteiger partial charge in [-0.15, -0.1) is 0 Å². The molecule has 20 rings (SSSR count). The fraction of sp³-hybridized carbons (Fsp3) is 0. The van der Waals surface area contributed by atoms with E-state index in [-0.39, 0.29) is 0 Å². The van der Waals surface area contributed by atoms with E-state index in [9.17, 15) is 10.0 Å². The average molecular weight is 1710 g/mol. The van der Waals surface area contributed by atoms with E-state index >= 15 is 0 Å². The fourth-order valence-electron chi connectivity index (χ4n) is 19.0. The Morgan fingerprint density at radius 1 is 0.167 bits per heavy atom. The maximum absolute atomic E-state index is 9.54. The summed E-state index contributed by atoms with van der Waals surface area (Å²) in [7, 11) is -11.6. The van der Waals surface area contributed by atoms with Crippen LogP contribution in [-0.4, -0.2) is 49.5 Å². The van der Waals surface area contributed by atoms with E-state index in [0.717, 1.165) is 0 Å². The van der Waals surface area contributed by atoms with Crippen molar-refractivity contribution in [1.29, 1.82) is 0 Å². The molecule has 2 N–H and O–H groups in total. The molecule has 0 unspecified atom stereocenters. The summed E-state index contributed by atoms with van der Waals surface area (Å²) in [5.41, 5.74) is 5.48. The molecular weight excluding hydrogens is 1630 g/mol. The van der Waals surface area contributed by atoms with Gasteiger partial charge in [0.2, 0.25) is 0 Å². The van der Waals surface area contributed by atoms with Crippen molar-refractivity contribution in [3.8, 4) is 22.3 Å². The molecule has 0 fully saturated rings. The maximum Gasteiger partial charge on any atom is 0.488 e. The third kappa shape index (κ3) is 14.6. The van der Waals surface area contributed by atoms with Gasteiger partial charge in [0.1, 0.15) is 0 Å². The summed E-state index contributed by atoms with van der Waals surface area (Å²) >= 11 is 2.38. The minimum Gasteiger partial charge on any atom is -0.423 e. The van der Waals surface area contributed by atoms with Gasteiger partial charge in [0.25, 0.3) is 0 Å². The lowest BCUT2D eigenvalue weighted by atomic mass is 9.81. The highest BCUT2D eigenvalue weighted by Crippen LogP contribution is 2.42. The molecule has 0 aromatic heterocycles. The van der Waals surface area contributed by atoms with Crippen LogP contribution in [0.15, 0.2) is 510 Å². The van der Waals surface area contributed by atoms with E-state index in [1.165, 1.54) is 141 Å². The number of halogens is 1. The first kappa shape index (κ1) is 78.2. The zero-order valence-corrected chi connectivity index (χ0v) is 72.5. The standard InChI is InChI=1S/C64H46Si2.C24H21BO2Si.C24H19ISi/c1-7-19-51(20-8-1)65(52-21-9-2-10-22-52,53-23-11-3-12-24-53)57-39-31-47(32-40-57)59-43-35-49-38-46-62-60(44-36-50-37-45-61(59)63(49)64(50)62)48-33-41-58(42-34-48)66(54-25-13-4-14-26-54,55-27-15-5-16-28-55)56-29-17-6-18-30-56;26-25(27)20-16-18-24(19-17-20)28(21-10-4-1-5-11-21,22-12-6-2-7-13-22)23-14-8-3-9-15-23;25-20-16-18-24(19-17-20)26(21-10-4-1-5-11-21,22-12-6-2-7-13-22)23-14-8-3-9-15-23/h1-46H;1-19,26-27H;1-19H. The van der Waals surface area contributed by atoms with Gasteiger partial charge in [0.05, 0.1) is 0 Å². The Hall–Kier alpha value is -13.0. The highest BCUT2D eigenvalue weighted by atomic mass is 127. The number of hydrogen-bond acceptors (Lipinski definition) is 2. The Kier molecular flexibility index (Phi) is 23.0. The molecule has 0 atom stereocenters. The quantitative estimate of drug-likeness (QED) is 0.0367. The predicted octanol–water partition coefficient (Wildman–Crippen LogP) is 15.1. The van der Waals surface area contributed by atoms with E-state index < -0.39 is 39.4 Å². The lowest BCUT2D eigenvalue weighted by Crippen LogP contribution is -2.74. The summed E-state index contributed by atoms with van der Waals surface area (Å²) in [5, 5.41) is 48.6. The summed E-state index contributed by atoms with van der Waals surface area (Å²) in [6, 6.07) is 187. The third-order valence-corrected chi connectivity index (χ3v) is 44.2. The Morgan fingerprint density at radius 2 is 0.333 bits per heavy atom. The minimum absolute atomic E-state index is 0.501. The average Bonchev–Trinajstić information content (AvgIpc) is 0.734. The molecule has 2 nitrogen and oxygen atoms in total. The van der Waals surface area contributed by atoms with Crippen molar-refractivity contribution in [3.63, 3.8) is 0 Å². The molecule has 0 bridgehead atoms. The third-order valence-electron chi connectivity index (χ3n) is 24.3. The lowest BCUT2D eigenvalue weighted by Gasteiger charge is -2.34. The molecule has 572 valence electrons. The highest BCUT2D eigenvalue weighted by molar-refractivity contribution is 14.1. The molecular formula is C112H86BIO2Si4. The van der Waals surface area contributed by atoms with Gasteiger partial charge in [-0.05, 0) is 178 Å². The topological polar surface area (TPSA) is 40.5 Å². The van der Waals surface area contributed by atoms with Gasteiger partial charge in [-0.2, -0.15) is 0 Å². The molecule has 20 aromatic carbocycles. The van der Waals surface area contributed by atoms with Crippen LogP contribution in [0, 0.1) is 3.57 Å². The second-order valence-electron chi connectivity index (χ2n) is 30.7. The van der Waals surface area contributed by atoms with E-state index in [1.54, 1.807) is 0 Å². The fourth-order valence-corrected chi connectivity index (χ4v) is 38.3. The van der Waals surface area contributed by atoms with E-state index in [4.69, 9.17) is 0 Å². The van der Waals surface area contributed by atoms with Crippen molar-refractivity contribution in [2.75, 3.05) is 0 Å². The monoisotopic (exact) mass is 1710 g/mol. The maximum atomic E-state index is 9.54. The lowest BCUT2D eigenvalue weighted by molar-refractivity contribution is 0.426. The van der Waals surface area contributed by atoms with Crippen molar-refractivity contribution in [1.82, 2.24) is 0 Å². The first-order valence-corrected chi connectivity index (χ1v) is 50.2. The summed E-state index contributed by atoms with van der Waals surface area (Å²) < 4.78 is 1.27. The van der Waals surface area contributed by atoms with Gasteiger partial charge in [-0.25, -0.2) is 0 Å². The normalized spacial score (nSPS) is 11.6. The molecule has 0 amide bonds. The van der Waals surface area contributed by atoms with Crippen molar-refractivity contribution >= 4 is 183 Å². The summed E-state index contributed by atoms with van der Waals surface area (Å²) in [6.45, 7) is 0. The van der Waals surface area contributed by atoms with Crippen molar-refractivity contribution < 1.29 is 10.0 Å². The molecule has 120 heavy (non-hydrogen) atoms. The Bertz CT molecular complexity index is 6090. The molecule has 0 aliphatic carbocycles. The predicted molar refractivity (Wildman–Crippen MR) is 531 cm³/mol. The minimum atomic E-state index is -2.63. The molecule has 0 aliphatic rings. The van der Waals surface area contributed by atoms with Crippen molar-refractivity contribution in [3.05, 3.63) is 513 Å². The largest absolute Gasteiger partial charge is 0.488 e. The second-order valence-corrected chi connectivity index (χ2v) is 47.2. The van der Waals surface area contributed by atoms with E-state index in [2.05, 4.69) is 490 Å². The summed E-state index contributed by atoms with van der Waals surface area (Å²) in [5.74, 6) is 0. The molecule has 0 heterocycles. The van der Waals surface area contributed by atoms with E-state index in [0.29, 0.717) is 5.46 Å². The number of benzene rings is 20. The highest BCUT2D eigenvalue weighted by Gasteiger charge is 2.45. The van der Waals surface area contributed by atoms with Crippen LogP contribution in [0.1, 0.15) is 0 Å². The molecule has 0 saturated heterocycles. The van der Waals surface area contributed by atoms with Crippen LogP contribution < -0.4 is 88.5 Å². The van der Waals surface area contributed by atoms with Crippen LogP contribution in [0.4, 0.5) is 0 Å². The van der Waals surface area contributed by atoms with Gasteiger partial charge >= 0.3 is 7.12 Å². The van der Waals surface area contributed by atoms with Crippen LogP contribution in [0.25, 0.3) is 54.6 Å². The summed E-state index contributed by atoms with van der Waals surface area (Å²) in [4.78, 5) is 0. The SMILES string of the molecule is Ic1ccc([Si](c2ccccc2)(c2ccccc2)c2ccccc2)cc1.OB(O)c1ccc([Si](c2ccccc2)(c2ccccc2)c2ccccc2)cc1.c1ccc([Si](c2ccccc2)(c2ccccc2)c2ccc(-c3ccc4ccc5c(-c6ccc([Si](c7ccccc7)(c7ccccc7)c7ccccc7)cc6)ccc6ccc3c4c65)cc2)cc1. The van der Waals surface area contributed by atoms with Crippen LogP contribution in [0.2, 0.25) is 0 Å². The van der Waals surface area contributed by atoms with Gasteiger partial charge in [0, 0.05) is 3.57 Å². The van der Waals surface area contributed by atoms with Crippen LogP contribution in [-0.2, 0) is 0 Å². The first-order chi connectivity index (χ1) is 59.3. The molecule has 20 aromatic rings. The Morgan fingerprint density at radius 3 is 0.525 bits per heavy atom. The smallest absolute Gasteiger partial charge is 0.423 e. The first-order valence-electron chi connectivity index (χ1n) is 41.1. The summed E-state index contributed by atoms with van der Waals surface area (Å²) in [6.07, 6.45) is 0. The van der Waals surface area contributed by atoms with Crippen LogP contribution in [0.5, 0.6) is 0 Å². The molecule has 0 spiro atoms. The van der Waals surface area contributed by atoms with E-state index in [1.807, 2.05) is 42.5 Å². The van der Waals surface area contributed by atoms with Crippen LogP contribution >= 0.6 is 22.6 Å². The molecule has 0 aliphatic heterocycles. The van der Waals surface area contributed by atoms with Gasteiger partial charge in [0.15, 0.2) is 32.3 Å². The van der Waals surface area contributed by atoms with Gasteiger partial charge in [-0.1, -0.05) is 497 Å². The number of rotatable bonds is 19. The Balaban J connectivity index is 0.000000149. The second kappa shape index (κ2) is 35.3. The Labute approximate surface area is 722 Å². The zero-order chi connectivity index (χ0) is 81.1. The van der Waals surface area contributed by atoms with Crippen molar-refractivity contribution in [2.45, 2.75) is 0 Å². The van der Waals surface area contributed by atoms with Crippen LogP contribution in [0.3, 0.4) is 0 Å².